The summed E-state index contributed by atoms with van der Waals surface area (Å²) in [4.78, 5) is 32.7. The molecular weight excluding hydrogens is 448 g/mol. The Kier molecular flexibility index (Phi) is 9.53. The van der Waals surface area contributed by atoms with Crippen LogP contribution < -0.4 is 15.8 Å². The van der Waals surface area contributed by atoms with Crippen molar-refractivity contribution in [3.8, 4) is 0 Å². The van der Waals surface area contributed by atoms with Gasteiger partial charge >= 0.3 is 0 Å². The lowest BCUT2D eigenvalue weighted by atomic mass is 10.2. The SMILES string of the molecule is CCOCCCn1c(SCC(=O)Nc2ccc(N(CC)C(C)C)cc2)nc2ccccc2c1=O. The molecule has 1 aromatic heterocycles. The van der Waals surface area contributed by atoms with Crippen LogP contribution in [0.5, 0.6) is 0 Å². The van der Waals surface area contributed by atoms with Crippen molar-refractivity contribution in [3.63, 3.8) is 0 Å². The Morgan fingerprint density at radius 1 is 1.15 bits per heavy atom. The molecule has 3 rings (SSSR count). The van der Waals surface area contributed by atoms with Crippen LogP contribution in [0, 0.1) is 0 Å². The average Bonchev–Trinajstić information content (AvgIpc) is 2.83. The van der Waals surface area contributed by atoms with E-state index in [0.717, 1.165) is 17.9 Å². The van der Waals surface area contributed by atoms with Crippen LogP contribution in [0.1, 0.15) is 34.1 Å². The summed E-state index contributed by atoms with van der Waals surface area (Å²) in [5.74, 6) is 0.0164. The number of thioether (sulfide) groups is 1. The maximum absolute atomic E-state index is 13.1. The zero-order valence-electron chi connectivity index (χ0n) is 20.4. The van der Waals surface area contributed by atoms with E-state index in [9.17, 15) is 9.59 Å². The fourth-order valence-corrected chi connectivity index (χ4v) is 4.66. The third kappa shape index (κ3) is 6.61. The second-order valence-corrected chi connectivity index (χ2v) is 9.12. The number of para-hydroxylation sites is 1. The number of amides is 1. The van der Waals surface area contributed by atoms with Gasteiger partial charge in [0.15, 0.2) is 5.16 Å². The van der Waals surface area contributed by atoms with Crippen molar-refractivity contribution >= 4 is 39.9 Å². The molecule has 0 aliphatic heterocycles. The van der Waals surface area contributed by atoms with Gasteiger partial charge in [-0.25, -0.2) is 4.98 Å². The molecule has 1 amide bonds. The van der Waals surface area contributed by atoms with Crippen LogP contribution in [0.15, 0.2) is 58.5 Å². The summed E-state index contributed by atoms with van der Waals surface area (Å²) < 4.78 is 7.07. The van der Waals surface area contributed by atoms with Gasteiger partial charge in [0, 0.05) is 43.7 Å². The molecule has 7 nitrogen and oxygen atoms in total. The van der Waals surface area contributed by atoms with E-state index >= 15 is 0 Å². The summed E-state index contributed by atoms with van der Waals surface area (Å²) in [6.45, 7) is 11.0. The number of benzene rings is 2. The molecule has 0 aliphatic rings. The van der Waals surface area contributed by atoms with Crippen LogP contribution in [0.3, 0.4) is 0 Å². The summed E-state index contributed by atoms with van der Waals surface area (Å²) in [6.07, 6.45) is 0.699. The van der Waals surface area contributed by atoms with Gasteiger partial charge < -0.3 is 15.0 Å². The number of fused-ring (bicyclic) bond motifs is 1. The van der Waals surface area contributed by atoms with Gasteiger partial charge in [-0.2, -0.15) is 0 Å². The number of carbonyl (C=O) groups is 1. The fourth-order valence-electron chi connectivity index (χ4n) is 3.83. The average molecular weight is 483 g/mol. The zero-order valence-corrected chi connectivity index (χ0v) is 21.2. The molecule has 0 saturated carbocycles. The van der Waals surface area contributed by atoms with E-state index in [-0.39, 0.29) is 17.2 Å². The van der Waals surface area contributed by atoms with Crippen LogP contribution in [0.4, 0.5) is 11.4 Å². The van der Waals surface area contributed by atoms with Crippen molar-refractivity contribution < 1.29 is 9.53 Å². The highest BCUT2D eigenvalue weighted by Crippen LogP contribution is 2.21. The number of anilines is 2. The minimum absolute atomic E-state index is 0.0915. The summed E-state index contributed by atoms with van der Waals surface area (Å²) in [6, 6.07) is 15.6. The monoisotopic (exact) mass is 482 g/mol. The summed E-state index contributed by atoms with van der Waals surface area (Å²) in [7, 11) is 0. The number of hydrogen-bond donors (Lipinski definition) is 1. The molecule has 8 heteroatoms. The number of hydrogen-bond acceptors (Lipinski definition) is 6. The van der Waals surface area contributed by atoms with E-state index < -0.39 is 0 Å². The molecule has 182 valence electrons. The largest absolute Gasteiger partial charge is 0.382 e. The maximum atomic E-state index is 13.1. The van der Waals surface area contributed by atoms with Gasteiger partial charge in [0.1, 0.15) is 0 Å². The first-order valence-corrected chi connectivity index (χ1v) is 12.8. The second kappa shape index (κ2) is 12.6. The first-order chi connectivity index (χ1) is 16.4. The van der Waals surface area contributed by atoms with E-state index in [4.69, 9.17) is 4.74 Å². The van der Waals surface area contributed by atoms with E-state index in [2.05, 4.69) is 36.0 Å². The number of aromatic nitrogens is 2. The predicted molar refractivity (Wildman–Crippen MR) is 141 cm³/mol. The highest BCUT2D eigenvalue weighted by Gasteiger charge is 2.14. The van der Waals surface area contributed by atoms with Crippen molar-refractivity contribution in [2.75, 3.05) is 35.7 Å². The molecule has 1 heterocycles. The molecule has 0 radical (unpaired) electrons. The van der Waals surface area contributed by atoms with E-state index in [1.165, 1.54) is 11.8 Å². The van der Waals surface area contributed by atoms with Crippen molar-refractivity contribution in [3.05, 3.63) is 58.9 Å². The number of ether oxygens (including phenoxy) is 1. The number of nitrogens with one attached hydrogen (secondary N) is 1. The molecule has 34 heavy (non-hydrogen) atoms. The number of rotatable bonds is 12. The first kappa shape index (κ1) is 25.8. The summed E-state index contributed by atoms with van der Waals surface area (Å²) in [5, 5.41) is 4.07. The first-order valence-electron chi connectivity index (χ1n) is 11.8. The Balaban J connectivity index is 1.70. The van der Waals surface area contributed by atoms with Crippen LogP contribution >= 0.6 is 11.8 Å². The van der Waals surface area contributed by atoms with Gasteiger partial charge in [-0.05, 0) is 70.5 Å². The Hall–Kier alpha value is -2.84. The van der Waals surface area contributed by atoms with E-state index in [1.54, 1.807) is 10.6 Å². The minimum Gasteiger partial charge on any atom is -0.382 e. The molecule has 0 saturated heterocycles. The van der Waals surface area contributed by atoms with Crippen molar-refractivity contribution in [1.29, 1.82) is 0 Å². The fraction of sp³-hybridized carbons (Fsp3) is 0.423. The van der Waals surface area contributed by atoms with Crippen molar-refractivity contribution in [1.82, 2.24) is 9.55 Å². The highest BCUT2D eigenvalue weighted by molar-refractivity contribution is 7.99. The lowest BCUT2D eigenvalue weighted by molar-refractivity contribution is -0.113. The van der Waals surface area contributed by atoms with Crippen molar-refractivity contribution in [2.24, 2.45) is 0 Å². The molecular formula is C26H34N4O3S. The number of carbonyl (C=O) groups excluding carboxylic acids is 1. The molecule has 0 unspecified atom stereocenters. The van der Waals surface area contributed by atoms with E-state index in [0.29, 0.717) is 48.3 Å². The highest BCUT2D eigenvalue weighted by atomic mass is 32.2. The lowest BCUT2D eigenvalue weighted by Crippen LogP contribution is -2.30. The van der Waals surface area contributed by atoms with Crippen LogP contribution in [0.25, 0.3) is 10.9 Å². The van der Waals surface area contributed by atoms with Gasteiger partial charge in [0.25, 0.3) is 5.56 Å². The Labute approximate surface area is 205 Å². The molecule has 2 aromatic carbocycles. The quantitative estimate of drug-likeness (QED) is 0.227. The molecule has 3 aromatic rings. The molecule has 0 spiro atoms. The van der Waals surface area contributed by atoms with Gasteiger partial charge in [0.2, 0.25) is 5.91 Å². The smallest absolute Gasteiger partial charge is 0.262 e. The van der Waals surface area contributed by atoms with Crippen LogP contribution in [-0.4, -0.2) is 47.0 Å². The standard InChI is InChI=1S/C26H34N4O3S/c1-5-29(19(3)4)21-14-12-20(13-15-21)27-24(31)18-34-26-28-23-11-8-7-10-22(23)25(32)30(26)16-9-17-33-6-2/h7-8,10-15,19H,5-6,9,16-18H2,1-4H3,(H,27,31). The topological polar surface area (TPSA) is 76.5 Å². The Bertz CT molecular complexity index is 1140. The van der Waals surface area contributed by atoms with Gasteiger partial charge in [-0.3, -0.25) is 14.2 Å². The lowest BCUT2D eigenvalue weighted by Gasteiger charge is -2.27. The summed E-state index contributed by atoms with van der Waals surface area (Å²) >= 11 is 1.27. The molecule has 0 aliphatic carbocycles. The predicted octanol–water partition coefficient (Wildman–Crippen LogP) is 4.79. The van der Waals surface area contributed by atoms with Gasteiger partial charge in [0.05, 0.1) is 16.7 Å². The molecule has 0 atom stereocenters. The molecule has 1 N–H and O–H groups in total. The van der Waals surface area contributed by atoms with Gasteiger partial charge in [-0.15, -0.1) is 0 Å². The summed E-state index contributed by atoms with van der Waals surface area (Å²) in [5.41, 5.74) is 2.42. The normalized spacial score (nSPS) is 11.2. The van der Waals surface area contributed by atoms with Crippen molar-refractivity contribution in [2.45, 2.75) is 51.9 Å². The van der Waals surface area contributed by atoms with Crippen LogP contribution in [-0.2, 0) is 16.1 Å². The Morgan fingerprint density at radius 2 is 1.88 bits per heavy atom. The Morgan fingerprint density at radius 3 is 2.56 bits per heavy atom. The van der Waals surface area contributed by atoms with E-state index in [1.807, 2.05) is 49.4 Å². The third-order valence-electron chi connectivity index (χ3n) is 5.48. The third-order valence-corrected chi connectivity index (χ3v) is 6.46. The van der Waals surface area contributed by atoms with Gasteiger partial charge in [-0.1, -0.05) is 23.9 Å². The second-order valence-electron chi connectivity index (χ2n) is 8.18. The molecule has 0 bridgehead atoms. The molecule has 0 fully saturated rings. The zero-order chi connectivity index (χ0) is 24.5. The number of nitrogens with zero attached hydrogens (tertiary/aromatic N) is 3. The minimum atomic E-state index is -0.141. The van der Waals surface area contributed by atoms with Crippen LogP contribution in [0.2, 0.25) is 0 Å². The maximum Gasteiger partial charge on any atom is 0.262 e.